The van der Waals surface area contributed by atoms with E-state index in [2.05, 4.69) is 5.73 Å². The Labute approximate surface area is 75.9 Å². The number of halogens is 4. The molecular formula is C6H4BF4NO2. The Bertz CT molecular complexity index is 356. The molecule has 0 radical (unpaired) electrons. The number of nitrogen functional groups attached to an aromatic ring is 1. The molecule has 0 amide bonds. The standard InChI is InChI=1S/C6H4BF4NO2/c8-2-1(7(13)14)3(9)5(11)6(12)4(2)10/h13-14H,12H2. The van der Waals surface area contributed by atoms with E-state index in [1.807, 2.05) is 0 Å². The number of nitrogens with two attached hydrogens (primary N) is 1. The Kier molecular flexibility index (Phi) is 2.67. The summed E-state index contributed by atoms with van der Waals surface area (Å²) in [5.74, 6) is -7.55. The van der Waals surface area contributed by atoms with Crippen molar-refractivity contribution >= 4 is 18.3 Å². The van der Waals surface area contributed by atoms with E-state index in [9.17, 15) is 17.6 Å². The maximum absolute atomic E-state index is 12.8. The molecule has 0 saturated heterocycles. The van der Waals surface area contributed by atoms with Crippen LogP contribution >= 0.6 is 0 Å². The summed E-state index contributed by atoms with van der Waals surface area (Å²) >= 11 is 0. The van der Waals surface area contributed by atoms with Gasteiger partial charge in [0, 0.05) is 0 Å². The second-order valence-corrected chi connectivity index (χ2v) is 2.46. The van der Waals surface area contributed by atoms with Gasteiger partial charge in [0.15, 0.2) is 23.3 Å². The van der Waals surface area contributed by atoms with Crippen LogP contribution < -0.4 is 11.2 Å². The first-order chi connectivity index (χ1) is 6.37. The minimum Gasteiger partial charge on any atom is -0.423 e. The molecule has 0 heterocycles. The SMILES string of the molecule is Nc1c(F)c(F)c(B(O)O)c(F)c1F. The third-order valence-corrected chi connectivity index (χ3v) is 1.59. The molecule has 4 N–H and O–H groups in total. The van der Waals surface area contributed by atoms with E-state index in [-0.39, 0.29) is 0 Å². The lowest BCUT2D eigenvalue weighted by atomic mass is 9.79. The van der Waals surface area contributed by atoms with Crippen molar-refractivity contribution in [2.45, 2.75) is 0 Å². The van der Waals surface area contributed by atoms with Gasteiger partial charge in [-0.1, -0.05) is 0 Å². The van der Waals surface area contributed by atoms with E-state index in [0.717, 1.165) is 0 Å². The van der Waals surface area contributed by atoms with Crippen LogP contribution in [-0.4, -0.2) is 17.2 Å². The second kappa shape index (κ2) is 3.47. The molecule has 76 valence electrons. The lowest BCUT2D eigenvalue weighted by Crippen LogP contribution is -2.37. The van der Waals surface area contributed by atoms with E-state index >= 15 is 0 Å². The summed E-state index contributed by atoms with van der Waals surface area (Å²) in [5.41, 5.74) is 1.81. The number of hydrogen-bond acceptors (Lipinski definition) is 3. The van der Waals surface area contributed by atoms with Crippen molar-refractivity contribution in [3.05, 3.63) is 23.3 Å². The van der Waals surface area contributed by atoms with Crippen molar-refractivity contribution in [2.75, 3.05) is 5.73 Å². The van der Waals surface area contributed by atoms with Crippen LogP contribution in [0.25, 0.3) is 0 Å². The van der Waals surface area contributed by atoms with Gasteiger partial charge in [0.05, 0.1) is 5.46 Å². The first kappa shape index (κ1) is 10.8. The van der Waals surface area contributed by atoms with Crippen LogP contribution in [0.2, 0.25) is 0 Å². The largest absolute Gasteiger partial charge is 0.494 e. The van der Waals surface area contributed by atoms with Gasteiger partial charge in [-0.05, 0) is 0 Å². The molecule has 1 aromatic rings. The summed E-state index contributed by atoms with van der Waals surface area (Å²) in [6, 6.07) is 0. The molecule has 0 spiro atoms. The van der Waals surface area contributed by atoms with E-state index in [1.165, 1.54) is 0 Å². The summed E-state index contributed by atoms with van der Waals surface area (Å²) in [6.07, 6.45) is 0. The van der Waals surface area contributed by atoms with Crippen LogP contribution in [0, 0.1) is 23.3 Å². The Morgan fingerprint density at radius 2 is 1.21 bits per heavy atom. The maximum atomic E-state index is 12.8. The van der Waals surface area contributed by atoms with E-state index in [0.29, 0.717) is 0 Å². The van der Waals surface area contributed by atoms with Crippen LogP contribution in [0.5, 0.6) is 0 Å². The van der Waals surface area contributed by atoms with Crippen molar-refractivity contribution in [3.63, 3.8) is 0 Å². The van der Waals surface area contributed by atoms with Crippen LogP contribution in [0.4, 0.5) is 23.2 Å². The highest BCUT2D eigenvalue weighted by Gasteiger charge is 2.30. The molecule has 1 aromatic carbocycles. The third kappa shape index (κ3) is 1.42. The molecule has 14 heavy (non-hydrogen) atoms. The van der Waals surface area contributed by atoms with Crippen LogP contribution in [0.1, 0.15) is 0 Å². The number of rotatable bonds is 1. The lowest BCUT2D eigenvalue weighted by molar-refractivity contribution is 0.409. The fourth-order valence-corrected chi connectivity index (χ4v) is 0.892. The van der Waals surface area contributed by atoms with Crippen LogP contribution in [-0.2, 0) is 0 Å². The highest BCUT2D eigenvalue weighted by Crippen LogP contribution is 2.19. The van der Waals surface area contributed by atoms with Crippen molar-refractivity contribution in [1.82, 2.24) is 0 Å². The summed E-state index contributed by atoms with van der Waals surface area (Å²) in [5, 5.41) is 16.9. The first-order valence-corrected chi connectivity index (χ1v) is 3.35. The minimum atomic E-state index is -2.65. The molecule has 0 bridgehead atoms. The smallest absolute Gasteiger partial charge is 0.423 e. The molecule has 1 rings (SSSR count). The van der Waals surface area contributed by atoms with Gasteiger partial charge < -0.3 is 15.8 Å². The summed E-state index contributed by atoms with van der Waals surface area (Å²) in [6.45, 7) is 0. The number of benzene rings is 1. The maximum Gasteiger partial charge on any atom is 0.494 e. The molecule has 0 saturated carbocycles. The highest BCUT2D eigenvalue weighted by molar-refractivity contribution is 6.58. The Balaban J connectivity index is 3.60. The predicted octanol–water partition coefficient (Wildman–Crippen LogP) is -0.495. The molecular weight excluding hydrogens is 205 g/mol. The Morgan fingerprint density at radius 1 is 0.857 bits per heavy atom. The van der Waals surface area contributed by atoms with Gasteiger partial charge >= 0.3 is 7.12 Å². The van der Waals surface area contributed by atoms with Crippen molar-refractivity contribution in [1.29, 1.82) is 0 Å². The van der Waals surface area contributed by atoms with Crippen LogP contribution in [0.3, 0.4) is 0 Å². The average molecular weight is 209 g/mol. The van der Waals surface area contributed by atoms with Gasteiger partial charge in [-0.2, -0.15) is 0 Å². The lowest BCUT2D eigenvalue weighted by Gasteiger charge is -2.07. The highest BCUT2D eigenvalue weighted by atomic mass is 19.2. The van der Waals surface area contributed by atoms with Gasteiger partial charge in [0.1, 0.15) is 5.69 Å². The summed E-state index contributed by atoms with van der Waals surface area (Å²) < 4.78 is 50.9. The van der Waals surface area contributed by atoms with Gasteiger partial charge in [-0.25, -0.2) is 17.6 Å². The molecule has 0 unspecified atom stereocenters. The average Bonchev–Trinajstić information content (AvgIpc) is 2.11. The second-order valence-electron chi connectivity index (χ2n) is 2.46. The number of hydrogen-bond donors (Lipinski definition) is 3. The Morgan fingerprint density at radius 3 is 1.50 bits per heavy atom. The molecule has 8 heteroatoms. The van der Waals surface area contributed by atoms with E-state index in [4.69, 9.17) is 10.0 Å². The zero-order valence-corrected chi connectivity index (χ0v) is 6.56. The third-order valence-electron chi connectivity index (χ3n) is 1.59. The van der Waals surface area contributed by atoms with E-state index < -0.39 is 41.5 Å². The quantitative estimate of drug-likeness (QED) is 0.253. The zero-order chi connectivity index (χ0) is 11.0. The molecule has 3 nitrogen and oxygen atoms in total. The monoisotopic (exact) mass is 209 g/mol. The fourth-order valence-electron chi connectivity index (χ4n) is 0.892. The van der Waals surface area contributed by atoms with Gasteiger partial charge in [0.25, 0.3) is 0 Å². The normalized spacial score (nSPS) is 10.4. The molecule has 0 fully saturated rings. The predicted molar refractivity (Wildman–Crippen MR) is 40.5 cm³/mol. The van der Waals surface area contributed by atoms with Crippen molar-refractivity contribution in [3.8, 4) is 0 Å². The summed E-state index contributed by atoms with van der Waals surface area (Å²) in [4.78, 5) is 0. The molecule has 0 aliphatic carbocycles. The topological polar surface area (TPSA) is 66.5 Å². The molecule has 0 aliphatic rings. The first-order valence-electron chi connectivity index (χ1n) is 3.35. The van der Waals surface area contributed by atoms with Crippen LogP contribution in [0.15, 0.2) is 0 Å². The number of anilines is 1. The fraction of sp³-hybridized carbons (Fsp3) is 0. The summed E-state index contributed by atoms with van der Waals surface area (Å²) in [7, 11) is -2.65. The van der Waals surface area contributed by atoms with Gasteiger partial charge in [-0.15, -0.1) is 0 Å². The van der Waals surface area contributed by atoms with Gasteiger partial charge in [-0.3, -0.25) is 0 Å². The molecule has 0 atom stereocenters. The van der Waals surface area contributed by atoms with Crippen molar-refractivity contribution < 1.29 is 27.6 Å². The van der Waals surface area contributed by atoms with E-state index in [1.54, 1.807) is 0 Å². The minimum absolute atomic E-state index is 1.34. The van der Waals surface area contributed by atoms with Gasteiger partial charge in [0.2, 0.25) is 0 Å². The molecule has 0 aromatic heterocycles. The zero-order valence-electron chi connectivity index (χ0n) is 6.56. The molecule has 0 aliphatic heterocycles. The Hall–Kier alpha value is -1.28. The van der Waals surface area contributed by atoms with Crippen molar-refractivity contribution in [2.24, 2.45) is 0 Å².